The van der Waals surface area contributed by atoms with Crippen molar-refractivity contribution in [3.63, 3.8) is 0 Å². The molecule has 1 aromatic rings. The SMILES string of the molecule is C#Cc1c(OCC)cccc1C(C)CO. The Morgan fingerprint density at radius 3 is 2.80 bits per heavy atom. The third kappa shape index (κ3) is 2.51. The topological polar surface area (TPSA) is 29.5 Å². The molecule has 0 saturated carbocycles. The highest BCUT2D eigenvalue weighted by atomic mass is 16.5. The fraction of sp³-hybridized carbons (Fsp3) is 0.385. The third-order valence-electron chi connectivity index (χ3n) is 2.31. The van der Waals surface area contributed by atoms with E-state index >= 15 is 0 Å². The molecule has 0 fully saturated rings. The quantitative estimate of drug-likeness (QED) is 0.761. The van der Waals surface area contributed by atoms with Crippen molar-refractivity contribution < 1.29 is 9.84 Å². The van der Waals surface area contributed by atoms with E-state index in [0.717, 1.165) is 16.9 Å². The number of aliphatic hydroxyl groups is 1. The predicted molar refractivity (Wildman–Crippen MR) is 61.0 cm³/mol. The average Bonchev–Trinajstić information content (AvgIpc) is 2.28. The maximum atomic E-state index is 9.12. The van der Waals surface area contributed by atoms with E-state index in [0.29, 0.717) is 6.61 Å². The van der Waals surface area contributed by atoms with Crippen molar-refractivity contribution in [2.75, 3.05) is 13.2 Å². The Balaban J connectivity index is 3.17. The van der Waals surface area contributed by atoms with Crippen molar-refractivity contribution in [1.82, 2.24) is 0 Å². The van der Waals surface area contributed by atoms with Crippen LogP contribution < -0.4 is 4.74 Å². The molecule has 0 radical (unpaired) electrons. The van der Waals surface area contributed by atoms with Crippen LogP contribution in [-0.2, 0) is 0 Å². The van der Waals surface area contributed by atoms with Crippen molar-refractivity contribution in [3.05, 3.63) is 29.3 Å². The highest BCUT2D eigenvalue weighted by Crippen LogP contribution is 2.27. The number of aliphatic hydroxyl groups excluding tert-OH is 1. The molecule has 1 unspecified atom stereocenters. The van der Waals surface area contributed by atoms with Gasteiger partial charge in [0.2, 0.25) is 0 Å². The first-order chi connectivity index (χ1) is 7.24. The Bertz CT molecular complexity index is 363. The minimum atomic E-state index is 0.0384. The van der Waals surface area contributed by atoms with Gasteiger partial charge in [-0.2, -0.15) is 0 Å². The highest BCUT2D eigenvalue weighted by molar-refractivity contribution is 5.51. The van der Waals surface area contributed by atoms with E-state index in [1.165, 1.54) is 0 Å². The normalized spacial score (nSPS) is 11.9. The molecule has 2 heteroatoms. The van der Waals surface area contributed by atoms with Gasteiger partial charge < -0.3 is 9.84 Å². The van der Waals surface area contributed by atoms with Gasteiger partial charge in [0.1, 0.15) is 5.75 Å². The molecule has 0 aromatic heterocycles. The first-order valence-electron chi connectivity index (χ1n) is 5.07. The van der Waals surface area contributed by atoms with E-state index in [2.05, 4.69) is 5.92 Å². The van der Waals surface area contributed by atoms with Gasteiger partial charge >= 0.3 is 0 Å². The van der Waals surface area contributed by atoms with Crippen LogP contribution in [0, 0.1) is 12.3 Å². The Kier molecular flexibility index (Phi) is 4.20. The summed E-state index contributed by atoms with van der Waals surface area (Å²) in [6, 6.07) is 5.68. The summed E-state index contributed by atoms with van der Waals surface area (Å²) in [6.45, 7) is 4.53. The van der Waals surface area contributed by atoms with Crippen molar-refractivity contribution in [1.29, 1.82) is 0 Å². The first-order valence-corrected chi connectivity index (χ1v) is 5.07. The van der Waals surface area contributed by atoms with Crippen LogP contribution in [0.4, 0.5) is 0 Å². The van der Waals surface area contributed by atoms with Crippen molar-refractivity contribution in [3.8, 4) is 18.1 Å². The number of hydrogen-bond donors (Lipinski definition) is 1. The average molecular weight is 204 g/mol. The molecule has 0 bridgehead atoms. The standard InChI is InChI=1S/C13H16O2/c1-4-11-12(10(3)9-14)7-6-8-13(11)15-5-2/h1,6-8,10,14H,5,9H2,2-3H3. The maximum absolute atomic E-state index is 9.12. The summed E-state index contributed by atoms with van der Waals surface area (Å²) in [5.74, 6) is 3.39. The zero-order chi connectivity index (χ0) is 11.3. The number of terminal acetylenes is 1. The Labute approximate surface area is 90.9 Å². The lowest BCUT2D eigenvalue weighted by Gasteiger charge is -2.14. The third-order valence-corrected chi connectivity index (χ3v) is 2.31. The van der Waals surface area contributed by atoms with Crippen LogP contribution in [0.25, 0.3) is 0 Å². The number of rotatable bonds is 4. The Morgan fingerprint density at radius 1 is 1.53 bits per heavy atom. The van der Waals surface area contributed by atoms with Crippen LogP contribution in [0.1, 0.15) is 30.9 Å². The summed E-state index contributed by atoms with van der Waals surface area (Å²) in [5.41, 5.74) is 1.71. The van der Waals surface area contributed by atoms with Gasteiger partial charge in [-0.25, -0.2) is 0 Å². The lowest BCUT2D eigenvalue weighted by atomic mass is 9.96. The molecule has 0 aliphatic heterocycles. The lowest BCUT2D eigenvalue weighted by Crippen LogP contribution is -2.04. The van der Waals surface area contributed by atoms with E-state index in [9.17, 15) is 0 Å². The second kappa shape index (κ2) is 5.43. The van der Waals surface area contributed by atoms with Gasteiger partial charge in [0.15, 0.2) is 0 Å². The summed E-state index contributed by atoms with van der Waals surface area (Å²) < 4.78 is 5.44. The predicted octanol–water partition coefficient (Wildman–Crippen LogP) is 2.16. The molecule has 0 saturated heterocycles. The van der Waals surface area contributed by atoms with Gasteiger partial charge in [0, 0.05) is 12.5 Å². The molecule has 2 nitrogen and oxygen atoms in total. The van der Waals surface area contributed by atoms with E-state index in [-0.39, 0.29) is 12.5 Å². The van der Waals surface area contributed by atoms with E-state index in [4.69, 9.17) is 16.3 Å². The van der Waals surface area contributed by atoms with Crippen molar-refractivity contribution in [2.24, 2.45) is 0 Å². The zero-order valence-electron chi connectivity index (χ0n) is 9.16. The van der Waals surface area contributed by atoms with Gasteiger partial charge in [-0.3, -0.25) is 0 Å². The molecular weight excluding hydrogens is 188 g/mol. The van der Waals surface area contributed by atoms with Gasteiger partial charge in [-0.05, 0) is 18.6 Å². The van der Waals surface area contributed by atoms with Crippen LogP contribution >= 0.6 is 0 Å². The molecule has 80 valence electrons. The molecule has 0 aliphatic rings. The van der Waals surface area contributed by atoms with Crippen molar-refractivity contribution >= 4 is 0 Å². The van der Waals surface area contributed by atoms with Crippen LogP contribution in [0.5, 0.6) is 5.75 Å². The second-order valence-electron chi connectivity index (χ2n) is 3.38. The molecule has 1 N–H and O–H groups in total. The van der Waals surface area contributed by atoms with Gasteiger partial charge in [0.05, 0.1) is 12.2 Å². The molecule has 0 spiro atoms. The molecule has 1 aromatic carbocycles. The fourth-order valence-corrected chi connectivity index (χ4v) is 1.49. The number of hydrogen-bond acceptors (Lipinski definition) is 2. The summed E-state index contributed by atoms with van der Waals surface area (Å²) >= 11 is 0. The van der Waals surface area contributed by atoms with Crippen LogP contribution in [0.15, 0.2) is 18.2 Å². The minimum Gasteiger partial charge on any atom is -0.493 e. The number of benzene rings is 1. The summed E-state index contributed by atoms with van der Waals surface area (Å²) in [5, 5.41) is 9.12. The fourth-order valence-electron chi connectivity index (χ4n) is 1.49. The number of ether oxygens (including phenoxy) is 1. The van der Waals surface area contributed by atoms with Gasteiger partial charge in [0.25, 0.3) is 0 Å². The minimum absolute atomic E-state index is 0.0384. The molecular formula is C13H16O2. The van der Waals surface area contributed by atoms with Gasteiger partial charge in [-0.1, -0.05) is 25.0 Å². The highest BCUT2D eigenvalue weighted by Gasteiger charge is 2.12. The summed E-state index contributed by atoms with van der Waals surface area (Å²) in [4.78, 5) is 0. The van der Waals surface area contributed by atoms with Crippen LogP contribution in [-0.4, -0.2) is 18.3 Å². The summed E-state index contributed by atoms with van der Waals surface area (Å²) in [7, 11) is 0. The smallest absolute Gasteiger partial charge is 0.135 e. The largest absolute Gasteiger partial charge is 0.493 e. The van der Waals surface area contributed by atoms with Crippen LogP contribution in [0.2, 0.25) is 0 Å². The lowest BCUT2D eigenvalue weighted by molar-refractivity contribution is 0.272. The molecule has 0 heterocycles. The first kappa shape index (κ1) is 11.6. The molecule has 1 rings (SSSR count). The summed E-state index contributed by atoms with van der Waals surface area (Å²) in [6.07, 6.45) is 5.46. The van der Waals surface area contributed by atoms with E-state index in [1.54, 1.807) is 0 Å². The van der Waals surface area contributed by atoms with E-state index in [1.807, 2.05) is 32.0 Å². The second-order valence-corrected chi connectivity index (χ2v) is 3.38. The van der Waals surface area contributed by atoms with E-state index < -0.39 is 0 Å². The van der Waals surface area contributed by atoms with Crippen LogP contribution in [0.3, 0.4) is 0 Å². The monoisotopic (exact) mass is 204 g/mol. The van der Waals surface area contributed by atoms with Gasteiger partial charge in [-0.15, -0.1) is 6.42 Å². The molecule has 0 aliphatic carbocycles. The molecule has 15 heavy (non-hydrogen) atoms. The zero-order valence-corrected chi connectivity index (χ0v) is 9.16. The Hall–Kier alpha value is -1.46. The Morgan fingerprint density at radius 2 is 2.27 bits per heavy atom. The maximum Gasteiger partial charge on any atom is 0.135 e. The molecule has 0 amide bonds. The molecule has 1 atom stereocenters. The van der Waals surface area contributed by atoms with Crippen molar-refractivity contribution in [2.45, 2.75) is 19.8 Å².